The fourth-order valence-electron chi connectivity index (χ4n) is 23.3. The van der Waals surface area contributed by atoms with E-state index in [0.29, 0.717) is 0 Å². The van der Waals surface area contributed by atoms with Crippen molar-refractivity contribution in [1.82, 2.24) is 48.2 Å². The van der Waals surface area contributed by atoms with Gasteiger partial charge in [-0.05, 0) is 162 Å². The van der Waals surface area contributed by atoms with Crippen LogP contribution < -0.4 is 0 Å². The van der Waals surface area contributed by atoms with Crippen LogP contribution in [0.5, 0.6) is 0 Å². The van der Waals surface area contributed by atoms with Gasteiger partial charge in [-0.3, -0.25) is 9.13 Å². The SMILES string of the molecule is c1ccc(-c2nc3ccccc3nc2-c2ccc(-n3c4ccc5ccccc5c4c4c5ccccc5c5c6ccccc6oc5c43)cc2)cc1.c1ccc(-c2nc3ccccc3nc2-n2c3ccc4ccccc4c3c3c4ccccc4c4c5ccccc5n(-c5ccccc5)c4c32)cc1.c1ccc(-c2nc3ccccc3nc2-n2c3ccc4ccccc4c3c3c4ccccc4c4c5ccccc5sc4c32)cc1. The average Bonchev–Trinajstić information content (AvgIpc) is 1.50. The molecule has 32 aromatic rings. The van der Waals surface area contributed by atoms with Crippen LogP contribution >= 0.6 is 11.3 Å². The number of hydrogen-bond donors (Lipinski definition) is 0. The number of hydrogen-bond acceptors (Lipinski definition) is 8. The molecule has 0 saturated carbocycles. The third-order valence-electron chi connectivity index (χ3n) is 29.3. The Morgan fingerprint density at radius 3 is 0.993 bits per heavy atom. The van der Waals surface area contributed by atoms with Gasteiger partial charge in [0.2, 0.25) is 0 Å². The monoisotopic (exact) mass is 1850 g/mol. The maximum absolute atomic E-state index is 6.84. The number of rotatable bonds is 8. The van der Waals surface area contributed by atoms with Crippen molar-refractivity contribution in [3.05, 3.63) is 473 Å². The minimum Gasteiger partial charge on any atom is -0.454 e. The summed E-state index contributed by atoms with van der Waals surface area (Å²) in [7, 11) is 0. The molecule has 0 fully saturated rings. The van der Waals surface area contributed by atoms with E-state index in [4.69, 9.17) is 34.3 Å². The van der Waals surface area contributed by atoms with Crippen LogP contribution in [0.25, 0.3) is 295 Å². The highest BCUT2D eigenvalue weighted by Gasteiger charge is 2.32. The summed E-state index contributed by atoms with van der Waals surface area (Å²) >= 11 is 1.87. The minimum atomic E-state index is 0.812. The molecular formula is C132H78N10OS. The fourth-order valence-corrected chi connectivity index (χ4v) is 24.5. The molecule has 668 valence electrons. The lowest BCUT2D eigenvalue weighted by atomic mass is 9.96. The van der Waals surface area contributed by atoms with Crippen molar-refractivity contribution in [3.63, 3.8) is 0 Å². The predicted molar refractivity (Wildman–Crippen MR) is 603 cm³/mol. The summed E-state index contributed by atoms with van der Waals surface area (Å²) in [4.78, 5) is 31.8. The molecule has 0 amide bonds. The van der Waals surface area contributed by atoms with Crippen molar-refractivity contribution in [3.8, 4) is 68.0 Å². The highest BCUT2D eigenvalue weighted by molar-refractivity contribution is 7.27. The van der Waals surface area contributed by atoms with Crippen molar-refractivity contribution in [2.24, 2.45) is 0 Å². The number of nitrogens with zero attached hydrogens (tertiary/aromatic N) is 10. The van der Waals surface area contributed by atoms with E-state index in [-0.39, 0.29) is 0 Å². The zero-order valence-electron chi connectivity index (χ0n) is 77.3. The molecule has 0 saturated heterocycles. The second kappa shape index (κ2) is 32.2. The second-order valence-electron chi connectivity index (χ2n) is 37.2. The summed E-state index contributed by atoms with van der Waals surface area (Å²) < 4.78 is 19.1. The molecule has 0 bridgehead atoms. The van der Waals surface area contributed by atoms with E-state index < -0.39 is 0 Å². The molecule has 12 heteroatoms. The molecule has 0 aliphatic carbocycles. The number of para-hydroxylation sites is 9. The highest BCUT2D eigenvalue weighted by Crippen LogP contribution is 2.55. The Labute approximate surface area is 826 Å². The van der Waals surface area contributed by atoms with Gasteiger partial charge in [-0.25, -0.2) is 29.9 Å². The standard InChI is InChI=1S/C46H28N4.C46H27N3O.C40H23N3S/c1-3-16-30(17-4-1)43-46(48-37-25-13-12-24-36(37)47-43)50-39-28-27-29-15-7-8-20-32(29)41(39)42-34-22-10-9-21-33(34)40-35-23-11-14-26-38(35)49(44(40)45(42)50)31-18-5-2-6-19-31;1-2-13-29(14-3-1)43-44(48-37-20-10-9-19-36(37)47-43)30-22-25-31(26-23-30)49-38-27-24-28-12-4-5-15-32(28)41(38)42-34-17-7-6-16-33(34)40-35-18-8-11-21-39(35)50-46(40)45(42)49;1-2-13-25(14-3-1)37-40(42-31-20-10-9-19-30(31)41-37)43-32-23-22-24-12-4-5-15-26(24)35(32)36-28-17-7-6-16-27(28)34-29-18-8-11-21-33(29)44-39(34)38(36)43/h1-28H;1-27H;1-23H. The minimum absolute atomic E-state index is 0.812. The zero-order valence-corrected chi connectivity index (χ0v) is 78.1. The Bertz CT molecular complexity index is 11000. The Morgan fingerprint density at radius 2 is 0.500 bits per heavy atom. The number of fused-ring (bicyclic) bond motifs is 39. The third-order valence-corrected chi connectivity index (χ3v) is 30.5. The largest absolute Gasteiger partial charge is 0.454 e. The molecule has 9 heterocycles. The van der Waals surface area contributed by atoms with Gasteiger partial charge >= 0.3 is 0 Å². The van der Waals surface area contributed by atoms with Gasteiger partial charge in [0.1, 0.15) is 17.0 Å². The normalized spacial score (nSPS) is 12.0. The van der Waals surface area contributed by atoms with Gasteiger partial charge in [0.25, 0.3) is 0 Å². The first-order chi connectivity index (χ1) is 71.5. The number of thiophene rings is 1. The topological polar surface area (TPSA) is 110 Å². The summed E-state index contributed by atoms with van der Waals surface area (Å²) in [6.45, 7) is 0. The van der Waals surface area contributed by atoms with Gasteiger partial charge < -0.3 is 13.6 Å². The second-order valence-corrected chi connectivity index (χ2v) is 38.2. The van der Waals surface area contributed by atoms with E-state index in [9.17, 15) is 0 Å². The van der Waals surface area contributed by atoms with Crippen LogP contribution in [0.1, 0.15) is 0 Å². The Hall–Kier alpha value is -19.1. The van der Waals surface area contributed by atoms with E-state index in [1.807, 2.05) is 84.1 Å². The Morgan fingerprint density at radius 1 is 0.181 bits per heavy atom. The first-order valence-corrected chi connectivity index (χ1v) is 49.6. The first kappa shape index (κ1) is 80.9. The van der Waals surface area contributed by atoms with Crippen LogP contribution in [0.3, 0.4) is 0 Å². The molecule has 9 aromatic heterocycles. The van der Waals surface area contributed by atoms with Crippen LogP contribution in [-0.4, -0.2) is 48.2 Å². The van der Waals surface area contributed by atoms with Crippen molar-refractivity contribution in [1.29, 1.82) is 0 Å². The lowest BCUT2D eigenvalue weighted by molar-refractivity contribution is 0.671. The van der Waals surface area contributed by atoms with Crippen molar-refractivity contribution in [2.45, 2.75) is 0 Å². The number of aromatic nitrogens is 10. The quantitative estimate of drug-likeness (QED) is 0.149. The van der Waals surface area contributed by atoms with E-state index >= 15 is 0 Å². The van der Waals surface area contributed by atoms with Crippen LogP contribution in [0.2, 0.25) is 0 Å². The molecular weight excluding hydrogens is 1770 g/mol. The van der Waals surface area contributed by atoms with E-state index in [1.54, 1.807) is 0 Å². The predicted octanol–water partition coefficient (Wildman–Crippen LogP) is 35.1. The molecule has 0 aliphatic heterocycles. The maximum atomic E-state index is 6.84. The zero-order chi connectivity index (χ0) is 94.3. The lowest BCUT2D eigenvalue weighted by Gasteiger charge is -2.16. The van der Waals surface area contributed by atoms with Crippen LogP contribution in [0, 0.1) is 0 Å². The van der Waals surface area contributed by atoms with Gasteiger partial charge in [-0.1, -0.05) is 376 Å². The van der Waals surface area contributed by atoms with E-state index in [0.717, 1.165) is 156 Å². The molecule has 0 spiro atoms. The van der Waals surface area contributed by atoms with Crippen molar-refractivity contribution in [2.75, 3.05) is 0 Å². The van der Waals surface area contributed by atoms with Crippen LogP contribution in [0.15, 0.2) is 478 Å². The van der Waals surface area contributed by atoms with E-state index in [1.165, 1.54) is 139 Å². The van der Waals surface area contributed by atoms with Gasteiger partial charge in [-0.2, -0.15) is 0 Å². The molecule has 0 unspecified atom stereocenters. The van der Waals surface area contributed by atoms with Gasteiger partial charge in [0.15, 0.2) is 17.2 Å². The molecule has 0 N–H and O–H groups in total. The Kier molecular flexibility index (Phi) is 18.1. The Balaban J connectivity index is 0.000000101. The summed E-state index contributed by atoms with van der Waals surface area (Å²) in [6, 6.07) is 168. The van der Waals surface area contributed by atoms with Gasteiger partial charge in [0.05, 0.1) is 93.3 Å². The van der Waals surface area contributed by atoms with Crippen molar-refractivity contribution >= 4 is 238 Å². The summed E-state index contributed by atoms with van der Waals surface area (Å²) in [5.74, 6) is 1.66. The fraction of sp³-hybridized carbons (Fsp3) is 0. The van der Waals surface area contributed by atoms with Crippen LogP contribution in [0.4, 0.5) is 0 Å². The molecule has 0 atom stereocenters. The average molecular weight is 1850 g/mol. The van der Waals surface area contributed by atoms with Gasteiger partial charge in [0, 0.05) is 103 Å². The number of benzene rings is 23. The van der Waals surface area contributed by atoms with Crippen LogP contribution in [-0.2, 0) is 0 Å². The molecule has 23 aromatic carbocycles. The molecule has 0 aliphatic rings. The molecule has 32 rings (SSSR count). The molecule has 144 heavy (non-hydrogen) atoms. The summed E-state index contributed by atoms with van der Waals surface area (Å²) in [5.41, 5.74) is 25.9. The highest BCUT2D eigenvalue weighted by atomic mass is 32.1. The number of furan rings is 1. The molecule has 0 radical (unpaired) electrons. The summed E-state index contributed by atoms with van der Waals surface area (Å²) in [6.07, 6.45) is 0. The van der Waals surface area contributed by atoms with Crippen molar-refractivity contribution < 1.29 is 4.42 Å². The maximum Gasteiger partial charge on any atom is 0.165 e. The van der Waals surface area contributed by atoms with Gasteiger partial charge in [-0.15, -0.1) is 11.3 Å². The first-order valence-electron chi connectivity index (χ1n) is 48.8. The summed E-state index contributed by atoms with van der Waals surface area (Å²) in [5, 5.41) is 29.5. The van der Waals surface area contributed by atoms with E-state index in [2.05, 4.69) is 419 Å². The smallest absolute Gasteiger partial charge is 0.165 e. The molecule has 11 nitrogen and oxygen atoms in total. The lowest BCUT2D eigenvalue weighted by Crippen LogP contribution is -2.05. The third kappa shape index (κ3) is 12.3.